The third-order valence-electron chi connectivity index (χ3n) is 3.43. The average Bonchev–Trinajstić information content (AvgIpc) is 2.92. The monoisotopic (exact) mass is 268 g/mol. The number of nitrogens with zero attached hydrogens (tertiary/aromatic N) is 2. The first-order valence-electron chi connectivity index (χ1n) is 6.49. The summed E-state index contributed by atoms with van der Waals surface area (Å²) in [5.74, 6) is 0.124. The highest BCUT2D eigenvalue weighted by Gasteiger charge is 2.30. The van der Waals surface area contributed by atoms with E-state index in [9.17, 15) is 4.79 Å². The number of hydrogen-bond acceptors (Lipinski definition) is 4. The molecule has 1 aromatic heterocycles. The number of hydrogen-bond donors (Lipinski definition) is 1. The zero-order chi connectivity index (χ0) is 13.1. The third kappa shape index (κ3) is 2.72. The molecule has 0 radical (unpaired) electrons. The van der Waals surface area contributed by atoms with E-state index in [1.807, 2.05) is 18.7 Å². The highest BCUT2D eigenvalue weighted by Crippen LogP contribution is 2.26. The zero-order valence-electron chi connectivity index (χ0n) is 11.0. The van der Waals surface area contributed by atoms with E-state index in [4.69, 9.17) is 5.11 Å². The van der Waals surface area contributed by atoms with Crippen molar-refractivity contribution < 1.29 is 9.90 Å². The van der Waals surface area contributed by atoms with E-state index in [0.29, 0.717) is 6.04 Å². The van der Waals surface area contributed by atoms with Gasteiger partial charge in [0, 0.05) is 19.2 Å². The average molecular weight is 268 g/mol. The lowest BCUT2D eigenvalue weighted by Crippen LogP contribution is -2.35. The molecule has 0 spiro atoms. The molecule has 5 heteroatoms. The first kappa shape index (κ1) is 13.5. The summed E-state index contributed by atoms with van der Waals surface area (Å²) in [6.07, 6.45) is 3.80. The molecule has 1 N–H and O–H groups in total. The normalized spacial score (nSPS) is 19.5. The summed E-state index contributed by atoms with van der Waals surface area (Å²) < 4.78 is 0. The Hall–Kier alpha value is -0.940. The standard InChI is InChI=1S/C13H20N2O2S/c1-9-12(18-10(2)14-9)13(17)15-7-3-5-11(15)6-4-8-16/h11,16H,3-8H2,1-2H3. The number of aromatic nitrogens is 1. The van der Waals surface area contributed by atoms with Crippen molar-refractivity contribution >= 4 is 17.2 Å². The van der Waals surface area contributed by atoms with Crippen molar-refractivity contribution in [3.8, 4) is 0 Å². The van der Waals surface area contributed by atoms with Gasteiger partial charge in [0.15, 0.2) is 0 Å². The number of aryl methyl sites for hydroxylation is 2. The van der Waals surface area contributed by atoms with Crippen LogP contribution >= 0.6 is 11.3 Å². The van der Waals surface area contributed by atoms with Crippen LogP contribution in [0.15, 0.2) is 0 Å². The van der Waals surface area contributed by atoms with Crippen LogP contribution in [0.1, 0.15) is 46.1 Å². The molecule has 1 saturated heterocycles. The summed E-state index contributed by atoms with van der Waals surface area (Å²) >= 11 is 1.48. The largest absolute Gasteiger partial charge is 0.396 e. The van der Waals surface area contributed by atoms with Crippen LogP contribution in [0.5, 0.6) is 0 Å². The van der Waals surface area contributed by atoms with E-state index >= 15 is 0 Å². The Kier molecular flexibility index (Phi) is 4.35. The van der Waals surface area contributed by atoms with Crippen molar-refractivity contribution in [2.45, 2.75) is 45.6 Å². The van der Waals surface area contributed by atoms with Crippen molar-refractivity contribution in [1.82, 2.24) is 9.88 Å². The van der Waals surface area contributed by atoms with Gasteiger partial charge in [-0.2, -0.15) is 0 Å². The lowest BCUT2D eigenvalue weighted by atomic mass is 10.1. The maximum Gasteiger partial charge on any atom is 0.266 e. The number of rotatable bonds is 4. The molecule has 2 heterocycles. The lowest BCUT2D eigenvalue weighted by molar-refractivity contribution is 0.0728. The van der Waals surface area contributed by atoms with E-state index in [1.54, 1.807) is 0 Å². The third-order valence-corrected chi connectivity index (χ3v) is 4.49. The first-order chi connectivity index (χ1) is 8.63. The predicted octanol–water partition coefficient (Wildman–Crippen LogP) is 2.14. The molecule has 100 valence electrons. The summed E-state index contributed by atoms with van der Waals surface area (Å²) in [7, 11) is 0. The van der Waals surface area contributed by atoms with Gasteiger partial charge in [-0.3, -0.25) is 4.79 Å². The lowest BCUT2D eigenvalue weighted by Gasteiger charge is -2.24. The molecule has 2 rings (SSSR count). The molecule has 0 saturated carbocycles. The minimum atomic E-state index is 0.124. The van der Waals surface area contributed by atoms with E-state index in [-0.39, 0.29) is 12.5 Å². The molecule has 4 nitrogen and oxygen atoms in total. The number of carbonyl (C=O) groups is 1. The van der Waals surface area contributed by atoms with Crippen molar-refractivity contribution in [2.75, 3.05) is 13.2 Å². The van der Waals surface area contributed by atoms with Gasteiger partial charge in [-0.1, -0.05) is 0 Å². The van der Waals surface area contributed by atoms with E-state index in [2.05, 4.69) is 4.98 Å². The molecule has 1 aromatic rings. The minimum Gasteiger partial charge on any atom is -0.396 e. The van der Waals surface area contributed by atoms with Crippen LogP contribution in [-0.4, -0.2) is 40.1 Å². The predicted molar refractivity (Wildman–Crippen MR) is 72.0 cm³/mol. The van der Waals surface area contributed by atoms with Gasteiger partial charge < -0.3 is 10.0 Å². The molecule has 1 amide bonds. The molecule has 1 aliphatic rings. The van der Waals surface area contributed by atoms with Gasteiger partial charge in [0.25, 0.3) is 5.91 Å². The second kappa shape index (κ2) is 5.80. The van der Waals surface area contributed by atoms with E-state index < -0.39 is 0 Å². The van der Waals surface area contributed by atoms with Gasteiger partial charge in [-0.05, 0) is 39.5 Å². The Balaban J connectivity index is 2.10. The highest BCUT2D eigenvalue weighted by molar-refractivity contribution is 7.13. The summed E-state index contributed by atoms with van der Waals surface area (Å²) in [6, 6.07) is 0.298. The van der Waals surface area contributed by atoms with Crippen LogP contribution in [-0.2, 0) is 0 Å². The van der Waals surface area contributed by atoms with Gasteiger partial charge in [-0.15, -0.1) is 11.3 Å². The number of amides is 1. The molecular formula is C13H20N2O2S. The number of carbonyl (C=O) groups excluding carboxylic acids is 1. The fraction of sp³-hybridized carbons (Fsp3) is 0.692. The van der Waals surface area contributed by atoms with Crippen molar-refractivity contribution in [3.05, 3.63) is 15.6 Å². The molecule has 0 aliphatic carbocycles. The fourth-order valence-corrected chi connectivity index (χ4v) is 3.47. The summed E-state index contributed by atoms with van der Waals surface area (Å²) in [5.41, 5.74) is 0.843. The van der Waals surface area contributed by atoms with Gasteiger partial charge >= 0.3 is 0 Å². The molecule has 1 fully saturated rings. The summed E-state index contributed by atoms with van der Waals surface area (Å²) in [4.78, 5) is 19.6. The van der Waals surface area contributed by atoms with Gasteiger partial charge in [-0.25, -0.2) is 4.98 Å². The number of aliphatic hydroxyl groups is 1. The van der Waals surface area contributed by atoms with Crippen molar-refractivity contribution in [1.29, 1.82) is 0 Å². The number of aliphatic hydroxyl groups excluding tert-OH is 1. The Morgan fingerprint density at radius 2 is 2.33 bits per heavy atom. The quantitative estimate of drug-likeness (QED) is 0.910. The molecule has 18 heavy (non-hydrogen) atoms. The van der Waals surface area contributed by atoms with E-state index in [0.717, 1.165) is 47.8 Å². The SMILES string of the molecule is Cc1nc(C)c(C(=O)N2CCCC2CCCO)s1. The Morgan fingerprint density at radius 1 is 1.56 bits per heavy atom. The summed E-state index contributed by atoms with van der Waals surface area (Å²) in [6.45, 7) is 4.87. The first-order valence-corrected chi connectivity index (χ1v) is 7.31. The molecule has 1 unspecified atom stereocenters. The van der Waals surface area contributed by atoms with Gasteiger partial charge in [0.1, 0.15) is 4.88 Å². The molecule has 0 bridgehead atoms. The second-order valence-corrected chi connectivity index (χ2v) is 6.01. The highest BCUT2D eigenvalue weighted by atomic mass is 32.1. The van der Waals surface area contributed by atoms with Gasteiger partial charge in [0.2, 0.25) is 0 Å². The molecule has 0 aromatic carbocycles. The zero-order valence-corrected chi connectivity index (χ0v) is 11.8. The Morgan fingerprint density at radius 3 is 2.94 bits per heavy atom. The van der Waals surface area contributed by atoms with Crippen LogP contribution < -0.4 is 0 Å². The van der Waals surface area contributed by atoms with E-state index in [1.165, 1.54) is 11.3 Å². The maximum atomic E-state index is 12.5. The van der Waals surface area contributed by atoms with Crippen LogP contribution in [0.3, 0.4) is 0 Å². The van der Waals surface area contributed by atoms with Crippen molar-refractivity contribution in [3.63, 3.8) is 0 Å². The van der Waals surface area contributed by atoms with Crippen molar-refractivity contribution in [2.24, 2.45) is 0 Å². The minimum absolute atomic E-state index is 0.124. The topological polar surface area (TPSA) is 53.4 Å². The smallest absolute Gasteiger partial charge is 0.266 e. The van der Waals surface area contributed by atoms with Crippen LogP contribution in [0, 0.1) is 13.8 Å². The number of likely N-dealkylation sites (tertiary alicyclic amines) is 1. The molecular weight excluding hydrogens is 248 g/mol. The maximum absolute atomic E-state index is 12.5. The fourth-order valence-electron chi connectivity index (χ4n) is 2.59. The second-order valence-electron chi connectivity index (χ2n) is 4.81. The van der Waals surface area contributed by atoms with Gasteiger partial charge in [0.05, 0.1) is 10.7 Å². The Bertz CT molecular complexity index is 431. The van der Waals surface area contributed by atoms with Crippen LogP contribution in [0.25, 0.3) is 0 Å². The molecule has 1 aliphatic heterocycles. The Labute approximate surface area is 112 Å². The number of thiazole rings is 1. The summed E-state index contributed by atoms with van der Waals surface area (Å²) in [5, 5.41) is 9.85. The van der Waals surface area contributed by atoms with Crippen LogP contribution in [0.2, 0.25) is 0 Å². The van der Waals surface area contributed by atoms with Crippen LogP contribution in [0.4, 0.5) is 0 Å². The molecule has 1 atom stereocenters.